The molecule has 28 heteroatoms. The molecular formula is C38H41F19N2O6Si. The average Bonchev–Trinajstić information content (AvgIpc) is 3.19. The van der Waals surface area contributed by atoms with Crippen LogP contribution in [0.2, 0.25) is 17.1 Å². The Kier molecular flexibility index (Phi) is 17.8. The number of benzene rings is 2. The first-order valence-electron chi connectivity index (χ1n) is 18.9. The molecule has 0 radical (unpaired) electrons. The maximum Gasteiger partial charge on any atom is 0.460 e. The zero-order valence-corrected chi connectivity index (χ0v) is 36.0. The van der Waals surface area contributed by atoms with Crippen LogP contribution in [-0.2, 0) is 14.0 Å². The Morgan fingerprint density at radius 1 is 0.682 bits per heavy atom. The molecule has 0 saturated carbocycles. The van der Waals surface area contributed by atoms with Gasteiger partial charge in [0, 0.05) is 24.5 Å². The topological polar surface area (TPSA) is 106 Å². The summed E-state index contributed by atoms with van der Waals surface area (Å²) in [5.74, 6) is -60.1. The standard InChI is InChI=1S/C38H41F19N2O6Si/c1-19(2)66(20(3)4,16-13-31(41,42)32(43,44)33(45,46)34(47,48)35(49,50)36(51,52)37(53,54)38(55,56)57)64-15-14-63-25-10-7-23(8-11-25)28(17-21(5)22(6)29(60)59-62)65-30(61)58-27-12-9-24(39)18-26(27)40/h7-12,18-20,28,62H,13-17H2,1-6H3,(H,58,61)(H,59,60)/b22-21+/t28-/m0/s1. The van der Waals surface area contributed by atoms with Crippen LogP contribution in [0.3, 0.4) is 0 Å². The van der Waals surface area contributed by atoms with Gasteiger partial charge in [-0.05, 0) is 60.8 Å². The first-order chi connectivity index (χ1) is 29.7. The SMILES string of the molecule is C/C(C[C@H](OC(=O)Nc1ccc(F)cc1F)c1ccc(OCCO[Si](CCC(F)(F)C(F)(F)C(F)(F)C(F)(F)C(F)(F)C(F)(F)C(F)(F)C(F)(F)F)(C(C)C)C(C)C)cc1)=C(/C)C(=O)NO. The maximum absolute atomic E-state index is 15.0. The van der Waals surface area contributed by atoms with Gasteiger partial charge in [-0.25, -0.2) is 19.1 Å². The predicted molar refractivity (Wildman–Crippen MR) is 196 cm³/mol. The minimum atomic E-state index is -8.73. The lowest BCUT2D eigenvalue weighted by molar-refractivity contribution is -0.461. The van der Waals surface area contributed by atoms with Gasteiger partial charge in [-0.15, -0.1) is 0 Å². The van der Waals surface area contributed by atoms with E-state index in [9.17, 15) is 93.0 Å². The number of hydroxylamine groups is 1. The fourth-order valence-corrected chi connectivity index (χ4v) is 10.8. The lowest BCUT2D eigenvalue weighted by atomic mass is 9.88. The molecule has 66 heavy (non-hydrogen) atoms. The molecule has 0 bridgehead atoms. The van der Waals surface area contributed by atoms with E-state index in [1.165, 1.54) is 71.3 Å². The lowest BCUT2D eigenvalue weighted by Crippen LogP contribution is -2.74. The molecule has 2 aromatic rings. The highest BCUT2D eigenvalue weighted by Gasteiger charge is 2.95. The molecule has 2 aromatic carbocycles. The molecular weight excluding hydrogens is 969 g/mol. The second kappa shape index (κ2) is 20.4. The largest absolute Gasteiger partial charge is 0.491 e. The second-order valence-corrected chi connectivity index (χ2v) is 20.4. The predicted octanol–water partition coefficient (Wildman–Crippen LogP) is 13.0. The van der Waals surface area contributed by atoms with Crippen LogP contribution in [0, 0.1) is 11.6 Å². The fraction of sp³-hybridized carbons (Fsp3) is 0.579. The van der Waals surface area contributed by atoms with Crippen LogP contribution >= 0.6 is 0 Å². The number of carbonyl (C=O) groups is 2. The Hall–Kier alpha value is -4.47. The normalized spacial score (nSPS) is 14.8. The van der Waals surface area contributed by atoms with E-state index in [4.69, 9.17) is 19.1 Å². The third-order valence-corrected chi connectivity index (χ3v) is 16.2. The van der Waals surface area contributed by atoms with Crippen LogP contribution in [0.4, 0.5) is 93.9 Å². The second-order valence-electron chi connectivity index (χ2n) is 15.4. The van der Waals surface area contributed by atoms with E-state index in [2.05, 4.69) is 5.32 Å². The molecule has 8 nitrogen and oxygen atoms in total. The van der Waals surface area contributed by atoms with Gasteiger partial charge in [-0.1, -0.05) is 45.4 Å². The van der Waals surface area contributed by atoms with Crippen molar-refractivity contribution in [2.75, 3.05) is 18.5 Å². The molecule has 0 aliphatic carbocycles. The van der Waals surface area contributed by atoms with Crippen molar-refractivity contribution in [3.8, 4) is 5.75 Å². The molecule has 0 unspecified atom stereocenters. The summed E-state index contributed by atoms with van der Waals surface area (Å²) in [5, 5.41) is 11.1. The number of rotatable bonds is 22. The van der Waals surface area contributed by atoms with Crippen LogP contribution < -0.4 is 15.5 Å². The molecule has 376 valence electrons. The number of hydrogen-bond acceptors (Lipinski definition) is 6. The molecule has 0 aliphatic rings. The number of ether oxygens (including phenoxy) is 2. The van der Waals surface area contributed by atoms with Gasteiger partial charge >= 0.3 is 53.7 Å². The molecule has 0 aromatic heterocycles. The highest BCUT2D eigenvalue weighted by atomic mass is 28.4. The Morgan fingerprint density at radius 2 is 1.17 bits per heavy atom. The van der Waals surface area contributed by atoms with Gasteiger partial charge < -0.3 is 13.9 Å². The quantitative estimate of drug-likeness (QED) is 0.0271. The molecule has 0 fully saturated rings. The Morgan fingerprint density at radius 3 is 1.62 bits per heavy atom. The van der Waals surface area contributed by atoms with Crippen molar-refractivity contribution in [2.24, 2.45) is 0 Å². The summed E-state index contributed by atoms with van der Waals surface area (Å²) in [7, 11) is -4.07. The van der Waals surface area contributed by atoms with Crippen molar-refractivity contribution in [3.05, 3.63) is 70.8 Å². The lowest BCUT2D eigenvalue weighted by Gasteiger charge is -2.44. The van der Waals surface area contributed by atoms with Gasteiger partial charge in [0.25, 0.3) is 5.91 Å². The Balaban J connectivity index is 2.32. The van der Waals surface area contributed by atoms with E-state index in [-0.39, 0.29) is 28.9 Å². The number of nitrogens with one attached hydrogen (secondary N) is 2. The number of carbonyl (C=O) groups excluding carboxylic acids is 2. The number of halogens is 19. The van der Waals surface area contributed by atoms with Gasteiger partial charge in [0.1, 0.15) is 30.1 Å². The summed E-state index contributed by atoms with van der Waals surface area (Å²) >= 11 is 0. The minimum Gasteiger partial charge on any atom is -0.491 e. The summed E-state index contributed by atoms with van der Waals surface area (Å²) < 4.78 is 280. The Labute approximate surface area is 363 Å². The van der Waals surface area contributed by atoms with Gasteiger partial charge in [0.05, 0.1) is 12.3 Å². The van der Waals surface area contributed by atoms with E-state index in [1.807, 2.05) is 0 Å². The zero-order chi connectivity index (χ0) is 51.4. The first kappa shape index (κ1) is 57.7. The van der Waals surface area contributed by atoms with Crippen molar-refractivity contribution in [2.45, 2.75) is 125 Å². The third kappa shape index (κ3) is 11.3. The fourth-order valence-electron chi connectivity index (χ4n) is 6.32. The van der Waals surface area contributed by atoms with Crippen LogP contribution in [0.5, 0.6) is 5.75 Å². The smallest absolute Gasteiger partial charge is 0.460 e. The van der Waals surface area contributed by atoms with E-state index in [1.54, 1.807) is 0 Å². The van der Waals surface area contributed by atoms with Crippen molar-refractivity contribution in [1.29, 1.82) is 0 Å². The summed E-state index contributed by atoms with van der Waals surface area (Å²) in [5.41, 5.74) is -0.438. The van der Waals surface area contributed by atoms with Crippen LogP contribution in [0.15, 0.2) is 53.6 Å². The van der Waals surface area contributed by atoms with Crippen molar-refractivity contribution >= 4 is 26.0 Å². The number of amides is 2. The van der Waals surface area contributed by atoms with Crippen molar-refractivity contribution in [3.63, 3.8) is 0 Å². The van der Waals surface area contributed by atoms with Crippen LogP contribution in [0.25, 0.3) is 0 Å². The van der Waals surface area contributed by atoms with Crippen LogP contribution in [0.1, 0.15) is 66.1 Å². The monoisotopic (exact) mass is 1010 g/mol. The summed E-state index contributed by atoms with van der Waals surface area (Å²) in [6.07, 6.45) is -13.2. The maximum atomic E-state index is 15.0. The molecule has 2 amide bonds. The molecule has 1 atom stereocenters. The van der Waals surface area contributed by atoms with Crippen LogP contribution in [-0.4, -0.2) is 86.4 Å². The molecule has 3 N–H and O–H groups in total. The van der Waals surface area contributed by atoms with Gasteiger partial charge in [-0.3, -0.25) is 15.3 Å². The number of anilines is 1. The first-order valence-corrected chi connectivity index (χ1v) is 21.1. The van der Waals surface area contributed by atoms with E-state index in [0.29, 0.717) is 6.07 Å². The molecule has 0 spiro atoms. The van der Waals surface area contributed by atoms with E-state index in [0.717, 1.165) is 12.1 Å². The Bertz CT molecular complexity index is 2020. The summed E-state index contributed by atoms with van der Waals surface area (Å²) in [6.45, 7) is 6.76. The van der Waals surface area contributed by atoms with Crippen molar-refractivity contribution in [1.82, 2.24) is 5.48 Å². The third-order valence-electron chi connectivity index (χ3n) is 10.5. The summed E-state index contributed by atoms with van der Waals surface area (Å²) in [4.78, 5) is 24.7. The summed E-state index contributed by atoms with van der Waals surface area (Å²) in [6, 6.07) is 6.03. The van der Waals surface area contributed by atoms with Crippen molar-refractivity contribution < 1.29 is 112 Å². The van der Waals surface area contributed by atoms with Gasteiger partial charge in [0.15, 0.2) is 8.32 Å². The molecule has 2 rings (SSSR count). The van der Waals surface area contributed by atoms with E-state index < -0.39 is 128 Å². The molecule has 0 heterocycles. The van der Waals surface area contributed by atoms with Gasteiger partial charge in [0.2, 0.25) is 0 Å². The minimum absolute atomic E-state index is 0.000366. The van der Waals surface area contributed by atoms with Gasteiger partial charge in [-0.2, -0.15) is 74.6 Å². The molecule has 0 aliphatic heterocycles. The number of hydrogen-bond donors (Lipinski definition) is 3. The number of alkyl halides is 17. The van der Waals surface area contributed by atoms with E-state index >= 15 is 0 Å². The highest BCUT2D eigenvalue weighted by Crippen LogP contribution is 2.64. The zero-order valence-electron chi connectivity index (χ0n) is 35.0. The average molecular weight is 1010 g/mol. The highest BCUT2D eigenvalue weighted by molar-refractivity contribution is 6.76. The molecule has 0 saturated heterocycles.